The minimum absolute atomic E-state index is 0.154. The van der Waals surface area contributed by atoms with Crippen molar-refractivity contribution >= 4 is 0 Å². The fourth-order valence-corrected chi connectivity index (χ4v) is 2.89. The quantitative estimate of drug-likeness (QED) is 0.883. The Kier molecular flexibility index (Phi) is 4.72. The van der Waals surface area contributed by atoms with Crippen molar-refractivity contribution in [2.75, 3.05) is 20.1 Å². The number of nitrogens with zero attached hydrogens (tertiary/aromatic N) is 1. The first-order chi connectivity index (χ1) is 8.72. The van der Waals surface area contributed by atoms with Crippen LogP contribution in [0.5, 0.6) is 0 Å². The Morgan fingerprint density at radius 3 is 2.67 bits per heavy atom. The maximum atomic E-state index is 12.9. The highest BCUT2D eigenvalue weighted by atomic mass is 19.1. The van der Waals surface area contributed by atoms with Crippen LogP contribution in [0.4, 0.5) is 4.39 Å². The van der Waals surface area contributed by atoms with E-state index in [4.69, 9.17) is 0 Å². The highest BCUT2D eigenvalue weighted by Gasteiger charge is 2.26. The molecule has 2 rings (SSSR count). The zero-order valence-electron chi connectivity index (χ0n) is 11.3. The van der Waals surface area contributed by atoms with Crippen molar-refractivity contribution in [3.05, 3.63) is 35.6 Å². The van der Waals surface area contributed by atoms with Crippen LogP contribution in [0.3, 0.4) is 0 Å². The second kappa shape index (κ2) is 6.30. The summed E-state index contributed by atoms with van der Waals surface area (Å²) >= 11 is 0. The summed E-state index contributed by atoms with van der Waals surface area (Å²) in [7, 11) is 2.06. The summed E-state index contributed by atoms with van der Waals surface area (Å²) in [6, 6.07) is 7.53. The number of nitrogens with one attached hydrogen (secondary N) is 1. The molecule has 1 aromatic carbocycles. The SMILES string of the molecule is CCC1CN(Cc2ccc(F)cc2)CCC1NC. The molecule has 2 unspecified atom stereocenters. The number of likely N-dealkylation sites (tertiary alicyclic amines) is 1. The lowest BCUT2D eigenvalue weighted by Crippen LogP contribution is -2.47. The topological polar surface area (TPSA) is 15.3 Å². The summed E-state index contributed by atoms with van der Waals surface area (Å²) in [4.78, 5) is 2.48. The van der Waals surface area contributed by atoms with E-state index in [1.54, 1.807) is 12.1 Å². The van der Waals surface area contributed by atoms with Gasteiger partial charge in [0, 0.05) is 19.1 Å². The van der Waals surface area contributed by atoms with E-state index in [2.05, 4.69) is 24.2 Å². The van der Waals surface area contributed by atoms with E-state index in [-0.39, 0.29) is 5.82 Å². The van der Waals surface area contributed by atoms with E-state index in [0.717, 1.165) is 25.6 Å². The van der Waals surface area contributed by atoms with Gasteiger partial charge in [0.15, 0.2) is 0 Å². The molecule has 0 aliphatic carbocycles. The molecule has 3 heteroatoms. The van der Waals surface area contributed by atoms with Crippen molar-refractivity contribution in [1.29, 1.82) is 0 Å². The Bertz CT molecular complexity index is 363. The Balaban J connectivity index is 1.93. The molecule has 0 amide bonds. The zero-order valence-corrected chi connectivity index (χ0v) is 11.3. The predicted octanol–water partition coefficient (Wildman–Crippen LogP) is 2.65. The van der Waals surface area contributed by atoms with Crippen molar-refractivity contribution in [3.8, 4) is 0 Å². The van der Waals surface area contributed by atoms with Crippen LogP contribution in [0.2, 0.25) is 0 Å². The highest BCUT2D eigenvalue weighted by Crippen LogP contribution is 2.21. The first-order valence-corrected chi connectivity index (χ1v) is 6.87. The third kappa shape index (κ3) is 3.30. The molecular weight excluding hydrogens is 227 g/mol. The average molecular weight is 250 g/mol. The molecule has 1 heterocycles. The number of piperidine rings is 1. The van der Waals surface area contributed by atoms with Gasteiger partial charge in [-0.1, -0.05) is 25.5 Å². The van der Waals surface area contributed by atoms with Gasteiger partial charge in [-0.15, -0.1) is 0 Å². The number of halogens is 1. The van der Waals surface area contributed by atoms with Crippen LogP contribution < -0.4 is 5.32 Å². The smallest absolute Gasteiger partial charge is 0.123 e. The summed E-state index contributed by atoms with van der Waals surface area (Å²) in [6.45, 7) is 5.46. The molecule has 1 saturated heterocycles. The van der Waals surface area contributed by atoms with Crippen molar-refractivity contribution in [3.63, 3.8) is 0 Å². The standard InChI is InChI=1S/C15H23FN2/c1-3-13-11-18(9-8-15(13)17-2)10-12-4-6-14(16)7-5-12/h4-7,13,15,17H,3,8-11H2,1-2H3. The van der Waals surface area contributed by atoms with Gasteiger partial charge in [0.05, 0.1) is 0 Å². The van der Waals surface area contributed by atoms with E-state index in [9.17, 15) is 4.39 Å². The summed E-state index contributed by atoms with van der Waals surface area (Å²) < 4.78 is 12.9. The predicted molar refractivity (Wildman–Crippen MR) is 72.9 cm³/mol. The summed E-state index contributed by atoms with van der Waals surface area (Å²) in [5, 5.41) is 3.42. The van der Waals surface area contributed by atoms with E-state index in [1.807, 2.05) is 12.1 Å². The van der Waals surface area contributed by atoms with E-state index in [1.165, 1.54) is 18.4 Å². The lowest BCUT2D eigenvalue weighted by Gasteiger charge is -2.38. The summed E-state index contributed by atoms with van der Waals surface area (Å²) in [5.74, 6) is 0.572. The maximum Gasteiger partial charge on any atom is 0.123 e. The first-order valence-electron chi connectivity index (χ1n) is 6.87. The molecule has 0 radical (unpaired) electrons. The van der Waals surface area contributed by atoms with Gasteiger partial charge >= 0.3 is 0 Å². The molecule has 0 saturated carbocycles. The Labute approximate surface area is 109 Å². The largest absolute Gasteiger partial charge is 0.317 e. The fraction of sp³-hybridized carbons (Fsp3) is 0.600. The second-order valence-electron chi connectivity index (χ2n) is 5.21. The number of benzene rings is 1. The molecule has 1 aliphatic heterocycles. The maximum absolute atomic E-state index is 12.9. The highest BCUT2D eigenvalue weighted by molar-refractivity contribution is 5.16. The summed E-state index contributed by atoms with van der Waals surface area (Å²) in [6.07, 6.45) is 2.42. The molecule has 1 fully saturated rings. The van der Waals surface area contributed by atoms with Gasteiger partial charge in [-0.2, -0.15) is 0 Å². The Morgan fingerprint density at radius 2 is 2.06 bits per heavy atom. The van der Waals surface area contributed by atoms with E-state index in [0.29, 0.717) is 6.04 Å². The Morgan fingerprint density at radius 1 is 1.33 bits per heavy atom. The molecule has 1 aliphatic rings. The van der Waals surface area contributed by atoms with Crippen LogP contribution in [0, 0.1) is 11.7 Å². The molecule has 100 valence electrons. The number of hydrogen-bond acceptors (Lipinski definition) is 2. The molecule has 1 aromatic rings. The molecule has 18 heavy (non-hydrogen) atoms. The third-order valence-corrected chi connectivity index (χ3v) is 4.03. The average Bonchev–Trinajstić information content (AvgIpc) is 2.41. The molecule has 1 N–H and O–H groups in total. The van der Waals surface area contributed by atoms with Crippen molar-refractivity contribution in [1.82, 2.24) is 10.2 Å². The van der Waals surface area contributed by atoms with Gasteiger partial charge in [-0.25, -0.2) is 4.39 Å². The fourth-order valence-electron chi connectivity index (χ4n) is 2.89. The van der Waals surface area contributed by atoms with Crippen molar-refractivity contribution in [2.24, 2.45) is 5.92 Å². The molecule has 2 nitrogen and oxygen atoms in total. The molecule has 0 bridgehead atoms. The Hall–Kier alpha value is -0.930. The van der Waals surface area contributed by atoms with Crippen molar-refractivity contribution < 1.29 is 4.39 Å². The van der Waals surface area contributed by atoms with Gasteiger partial charge in [-0.3, -0.25) is 4.90 Å². The van der Waals surface area contributed by atoms with Gasteiger partial charge in [0.1, 0.15) is 5.82 Å². The van der Waals surface area contributed by atoms with Gasteiger partial charge in [0.25, 0.3) is 0 Å². The molecule has 2 atom stereocenters. The molecule has 0 aromatic heterocycles. The summed E-state index contributed by atoms with van der Waals surface area (Å²) in [5.41, 5.74) is 1.20. The normalized spacial score (nSPS) is 25.3. The molecular formula is C15H23FN2. The lowest BCUT2D eigenvalue weighted by molar-refractivity contribution is 0.132. The van der Waals surface area contributed by atoms with E-state index < -0.39 is 0 Å². The lowest BCUT2D eigenvalue weighted by atomic mass is 9.90. The minimum Gasteiger partial charge on any atom is -0.317 e. The minimum atomic E-state index is -0.154. The third-order valence-electron chi connectivity index (χ3n) is 4.03. The number of hydrogen-bond donors (Lipinski definition) is 1. The van der Waals surface area contributed by atoms with Crippen LogP contribution in [0.15, 0.2) is 24.3 Å². The van der Waals surface area contributed by atoms with Gasteiger partial charge < -0.3 is 5.32 Å². The van der Waals surface area contributed by atoms with E-state index >= 15 is 0 Å². The monoisotopic (exact) mass is 250 g/mol. The van der Waals surface area contributed by atoms with Crippen LogP contribution in [0.1, 0.15) is 25.3 Å². The van der Waals surface area contributed by atoms with Crippen molar-refractivity contribution in [2.45, 2.75) is 32.4 Å². The first kappa shape index (κ1) is 13.5. The van der Waals surface area contributed by atoms with Crippen LogP contribution >= 0.6 is 0 Å². The van der Waals surface area contributed by atoms with Crippen LogP contribution in [0.25, 0.3) is 0 Å². The number of rotatable bonds is 4. The van der Waals surface area contributed by atoms with Crippen LogP contribution in [-0.2, 0) is 6.54 Å². The zero-order chi connectivity index (χ0) is 13.0. The van der Waals surface area contributed by atoms with Crippen LogP contribution in [-0.4, -0.2) is 31.1 Å². The van der Waals surface area contributed by atoms with Gasteiger partial charge in [0.2, 0.25) is 0 Å². The molecule has 0 spiro atoms. The van der Waals surface area contributed by atoms with Gasteiger partial charge in [-0.05, 0) is 43.6 Å². The second-order valence-corrected chi connectivity index (χ2v) is 5.21.